The summed E-state index contributed by atoms with van der Waals surface area (Å²) in [5.74, 6) is -1.83. The van der Waals surface area contributed by atoms with Crippen molar-refractivity contribution in [3.63, 3.8) is 0 Å². The molecule has 1 aliphatic carbocycles. The van der Waals surface area contributed by atoms with Gasteiger partial charge in [-0.1, -0.05) is 0 Å². The molecule has 0 unspecified atom stereocenters. The quantitative estimate of drug-likeness (QED) is 0.686. The maximum Gasteiger partial charge on any atom is 0.322 e. The Hall–Kier alpha value is -0.700. The molecule has 2 aliphatic rings. The fourth-order valence-corrected chi connectivity index (χ4v) is 4.12. The molecule has 1 saturated carbocycles. The van der Waals surface area contributed by atoms with Gasteiger partial charge in [-0.25, -0.2) is 12.7 Å². The summed E-state index contributed by atoms with van der Waals surface area (Å²) in [6, 6.07) is -0.122. The minimum absolute atomic E-state index is 0.122. The van der Waals surface area contributed by atoms with Crippen molar-refractivity contribution in [2.75, 3.05) is 32.6 Å². The van der Waals surface area contributed by atoms with Crippen molar-refractivity contribution in [2.24, 2.45) is 0 Å². The van der Waals surface area contributed by atoms with E-state index in [1.54, 1.807) is 6.92 Å². The molecular formula is C13H23NO6S. The molecule has 0 aromatic rings. The van der Waals surface area contributed by atoms with Crippen molar-refractivity contribution in [2.45, 2.75) is 44.4 Å². The van der Waals surface area contributed by atoms with Crippen LogP contribution in [-0.4, -0.2) is 63.1 Å². The van der Waals surface area contributed by atoms with E-state index in [9.17, 15) is 13.2 Å². The number of rotatable bonds is 5. The van der Waals surface area contributed by atoms with Gasteiger partial charge in [-0.05, 0) is 19.8 Å². The summed E-state index contributed by atoms with van der Waals surface area (Å²) in [6.07, 6.45) is 2.69. The van der Waals surface area contributed by atoms with Gasteiger partial charge in [-0.2, -0.15) is 0 Å². The zero-order chi connectivity index (χ0) is 15.5. The van der Waals surface area contributed by atoms with Crippen LogP contribution in [0.2, 0.25) is 0 Å². The van der Waals surface area contributed by atoms with Gasteiger partial charge >= 0.3 is 5.97 Å². The monoisotopic (exact) mass is 321 g/mol. The number of esters is 1. The summed E-state index contributed by atoms with van der Waals surface area (Å²) >= 11 is 0. The average Bonchev–Trinajstić information content (AvgIpc) is 2.87. The molecule has 0 radical (unpaired) electrons. The fourth-order valence-electron chi connectivity index (χ4n) is 2.87. The molecule has 7 nitrogen and oxygen atoms in total. The van der Waals surface area contributed by atoms with E-state index in [4.69, 9.17) is 14.2 Å². The topological polar surface area (TPSA) is 82.1 Å². The van der Waals surface area contributed by atoms with Crippen LogP contribution in [0, 0.1) is 0 Å². The maximum atomic E-state index is 12.2. The van der Waals surface area contributed by atoms with Crippen LogP contribution in [0.15, 0.2) is 0 Å². The lowest BCUT2D eigenvalue weighted by atomic mass is 9.90. The molecule has 1 heterocycles. The van der Waals surface area contributed by atoms with E-state index in [1.807, 2.05) is 0 Å². The second kappa shape index (κ2) is 6.60. The molecule has 21 heavy (non-hydrogen) atoms. The minimum atomic E-state index is -3.64. The van der Waals surface area contributed by atoms with E-state index in [0.717, 1.165) is 0 Å². The number of ether oxygens (including phenoxy) is 3. The highest BCUT2D eigenvalue weighted by Gasteiger charge is 2.42. The Bertz CT molecular complexity index is 461. The van der Waals surface area contributed by atoms with Crippen molar-refractivity contribution in [3.05, 3.63) is 0 Å². The predicted molar refractivity (Wildman–Crippen MR) is 75.1 cm³/mol. The first-order chi connectivity index (χ1) is 9.88. The third-order valence-electron chi connectivity index (χ3n) is 4.09. The number of carbonyl (C=O) groups is 1. The van der Waals surface area contributed by atoms with E-state index in [0.29, 0.717) is 38.9 Å². The molecule has 1 saturated heterocycles. The van der Waals surface area contributed by atoms with Crippen molar-refractivity contribution < 1.29 is 27.4 Å². The molecule has 8 heteroatoms. The zero-order valence-corrected chi connectivity index (χ0v) is 13.4. The number of hydrogen-bond acceptors (Lipinski definition) is 6. The first-order valence-electron chi connectivity index (χ1n) is 7.28. The van der Waals surface area contributed by atoms with E-state index >= 15 is 0 Å². The lowest BCUT2D eigenvalue weighted by Gasteiger charge is -2.38. The standard InChI is InChI=1S/C13H23NO6S/c1-3-18-12(15)10-21(16,17)14(2)11-4-6-13(7-5-11)19-8-9-20-13/h11H,3-10H2,1-2H3. The van der Waals surface area contributed by atoms with E-state index in [-0.39, 0.29) is 12.6 Å². The molecule has 2 fully saturated rings. The number of nitrogens with zero attached hydrogens (tertiary/aromatic N) is 1. The lowest BCUT2D eigenvalue weighted by Crippen LogP contribution is -2.46. The van der Waals surface area contributed by atoms with Crippen LogP contribution in [0.5, 0.6) is 0 Å². The summed E-state index contributed by atoms with van der Waals surface area (Å²) < 4.78 is 41.6. The maximum absolute atomic E-state index is 12.2. The largest absolute Gasteiger partial charge is 0.465 e. The van der Waals surface area contributed by atoms with Crippen LogP contribution >= 0.6 is 0 Å². The Morgan fingerprint density at radius 3 is 2.38 bits per heavy atom. The van der Waals surface area contributed by atoms with Gasteiger partial charge in [0.2, 0.25) is 10.0 Å². The van der Waals surface area contributed by atoms with Gasteiger partial charge in [-0.15, -0.1) is 0 Å². The number of sulfonamides is 1. The second-order valence-corrected chi connectivity index (χ2v) is 7.44. The molecular weight excluding hydrogens is 298 g/mol. The van der Waals surface area contributed by atoms with Crippen LogP contribution in [0.4, 0.5) is 0 Å². The summed E-state index contributed by atoms with van der Waals surface area (Å²) in [5, 5.41) is 0. The normalized spacial score (nSPS) is 22.8. The van der Waals surface area contributed by atoms with Gasteiger partial charge in [0, 0.05) is 25.9 Å². The van der Waals surface area contributed by atoms with Crippen molar-refractivity contribution in [1.82, 2.24) is 4.31 Å². The molecule has 1 spiro atoms. The molecule has 2 rings (SSSR count). The van der Waals surface area contributed by atoms with Crippen LogP contribution in [0.1, 0.15) is 32.6 Å². The average molecular weight is 321 g/mol. The van der Waals surface area contributed by atoms with Crippen LogP contribution < -0.4 is 0 Å². The van der Waals surface area contributed by atoms with Crippen LogP contribution in [-0.2, 0) is 29.0 Å². The minimum Gasteiger partial charge on any atom is -0.465 e. The smallest absolute Gasteiger partial charge is 0.322 e. The Labute approximate surface area is 125 Å². The first kappa shape index (κ1) is 16.7. The molecule has 0 bridgehead atoms. The van der Waals surface area contributed by atoms with Gasteiger partial charge in [0.15, 0.2) is 11.5 Å². The lowest BCUT2D eigenvalue weighted by molar-refractivity contribution is -0.181. The summed E-state index contributed by atoms with van der Waals surface area (Å²) in [5.41, 5.74) is 0. The van der Waals surface area contributed by atoms with Crippen LogP contribution in [0.25, 0.3) is 0 Å². The summed E-state index contributed by atoms with van der Waals surface area (Å²) in [4.78, 5) is 11.4. The summed E-state index contributed by atoms with van der Waals surface area (Å²) in [7, 11) is -2.12. The highest BCUT2D eigenvalue weighted by atomic mass is 32.2. The Morgan fingerprint density at radius 2 is 1.86 bits per heavy atom. The van der Waals surface area contributed by atoms with Gasteiger partial charge in [0.25, 0.3) is 0 Å². The van der Waals surface area contributed by atoms with E-state index < -0.39 is 27.5 Å². The zero-order valence-electron chi connectivity index (χ0n) is 12.5. The molecule has 0 aromatic carbocycles. The molecule has 0 amide bonds. The Morgan fingerprint density at radius 1 is 1.29 bits per heavy atom. The summed E-state index contributed by atoms with van der Waals surface area (Å²) in [6.45, 7) is 3.03. The highest BCUT2D eigenvalue weighted by molar-refractivity contribution is 7.89. The van der Waals surface area contributed by atoms with Gasteiger partial charge < -0.3 is 14.2 Å². The van der Waals surface area contributed by atoms with Crippen LogP contribution in [0.3, 0.4) is 0 Å². The molecule has 0 N–H and O–H groups in total. The third-order valence-corrected chi connectivity index (χ3v) is 5.87. The SMILES string of the molecule is CCOC(=O)CS(=O)(=O)N(C)C1CCC2(CC1)OCCO2. The molecule has 0 atom stereocenters. The Balaban J connectivity index is 1.91. The highest BCUT2D eigenvalue weighted by Crippen LogP contribution is 2.37. The van der Waals surface area contributed by atoms with Crippen molar-refractivity contribution in [1.29, 1.82) is 0 Å². The van der Waals surface area contributed by atoms with E-state index in [1.165, 1.54) is 11.4 Å². The first-order valence-corrected chi connectivity index (χ1v) is 8.89. The Kier molecular flexibility index (Phi) is 5.24. The van der Waals surface area contributed by atoms with E-state index in [2.05, 4.69) is 0 Å². The van der Waals surface area contributed by atoms with Gasteiger partial charge in [-0.3, -0.25) is 4.79 Å². The van der Waals surface area contributed by atoms with Crippen molar-refractivity contribution in [3.8, 4) is 0 Å². The predicted octanol–water partition coefficient (Wildman–Crippen LogP) is 0.497. The second-order valence-electron chi connectivity index (χ2n) is 5.42. The molecule has 122 valence electrons. The number of carbonyl (C=O) groups excluding carboxylic acids is 1. The van der Waals surface area contributed by atoms with Gasteiger partial charge in [0.05, 0.1) is 19.8 Å². The fraction of sp³-hybridized carbons (Fsp3) is 0.923. The molecule has 1 aliphatic heterocycles. The number of hydrogen-bond donors (Lipinski definition) is 0. The van der Waals surface area contributed by atoms with Crippen molar-refractivity contribution >= 4 is 16.0 Å². The third kappa shape index (κ3) is 3.94. The molecule has 0 aromatic heterocycles. The van der Waals surface area contributed by atoms with Gasteiger partial charge in [0.1, 0.15) is 0 Å².